The lowest BCUT2D eigenvalue weighted by Crippen LogP contribution is -2.29. The van der Waals surface area contributed by atoms with Crippen molar-refractivity contribution in [3.63, 3.8) is 0 Å². The van der Waals surface area contributed by atoms with Gasteiger partial charge in [0.2, 0.25) is 30.1 Å². The summed E-state index contributed by atoms with van der Waals surface area (Å²) >= 11 is 6.00. The minimum absolute atomic E-state index is 0. The van der Waals surface area contributed by atoms with Gasteiger partial charge in [0.15, 0.2) is 23.1 Å². The van der Waals surface area contributed by atoms with E-state index in [9.17, 15) is 91.2 Å². The van der Waals surface area contributed by atoms with Crippen LogP contribution >= 0.6 is 11.6 Å². The third kappa shape index (κ3) is 24.1. The SMILES string of the molecule is C#Cc1cccc(C(=O)CC2NC(=O)c3ccccc32)c1.C=C1NC(CC(=O)c2ccc(C(F)(F)F)cc2)c2ccccc21.CNS(=O)(=O)c1ccc(N2Cc3ccccc3C2=O)cc1.N#Cc1ccccc1C(=O)CC1OC(=O)c2ccccc21.NS(=O)(=O)c1ccc(N2C(=O)c3ccccc3C2=O)cc1.NS(=O)(=O)c1ccc(N2Cc3ccccc3C2=O)cc1.O.O=C(CC1OC(=O)c2ccccc21)c1ccccc1Cl. The number of fused-ring (bicyclic) bond motifs is 7. The van der Waals surface area contributed by atoms with Gasteiger partial charge in [-0.1, -0.05) is 206 Å². The van der Waals surface area contributed by atoms with Gasteiger partial charge in [0.1, 0.15) is 12.2 Å². The number of anilines is 3. The van der Waals surface area contributed by atoms with E-state index < -0.39 is 71.8 Å². The summed E-state index contributed by atoms with van der Waals surface area (Å²) in [6.07, 6.45) is 0.394. The van der Waals surface area contributed by atoms with Gasteiger partial charge in [-0.2, -0.15) is 18.4 Å². The Balaban J connectivity index is 0.000000136. The predicted octanol–water partition coefficient (Wildman–Crippen LogP) is 17.7. The van der Waals surface area contributed by atoms with Crippen LogP contribution in [0.5, 0.6) is 0 Å². The minimum atomic E-state index is -4.40. The molecule has 148 heavy (non-hydrogen) atoms. The minimum Gasteiger partial charge on any atom is -0.453 e. The number of ketones is 4. The highest BCUT2D eigenvalue weighted by molar-refractivity contribution is 7.89. The summed E-state index contributed by atoms with van der Waals surface area (Å²) in [7, 11) is -9.62. The van der Waals surface area contributed by atoms with Crippen molar-refractivity contribution in [3.05, 3.63) is 468 Å². The number of rotatable bonds is 19. The molecule has 0 fully saturated rings. The zero-order valence-electron chi connectivity index (χ0n) is 78.1. The second-order valence-electron chi connectivity index (χ2n) is 33.7. The molecule has 0 aliphatic carbocycles. The van der Waals surface area contributed by atoms with Crippen LogP contribution in [0.1, 0.15) is 220 Å². The molecular weight excluding hydrogens is 1980 g/mol. The molecule has 4 unspecified atom stereocenters. The van der Waals surface area contributed by atoms with Crippen molar-refractivity contribution >= 4 is 129 Å². The summed E-state index contributed by atoms with van der Waals surface area (Å²) in [6.45, 7) is 4.91. The molecule has 14 aromatic carbocycles. The lowest BCUT2D eigenvalue weighted by atomic mass is 9.96. The largest absolute Gasteiger partial charge is 0.453 e. The Morgan fingerprint density at radius 1 is 0.439 bits per heavy atom. The molecule has 0 spiro atoms. The van der Waals surface area contributed by atoms with Gasteiger partial charge in [0.25, 0.3) is 29.5 Å². The van der Waals surface area contributed by atoms with Crippen LogP contribution in [0.2, 0.25) is 5.02 Å². The average Bonchev–Trinajstić information content (AvgIpc) is 1.63. The molecule has 0 bridgehead atoms. The fourth-order valence-electron chi connectivity index (χ4n) is 17.0. The number of nitrogens with zero attached hydrogens (tertiary/aromatic N) is 4. The summed E-state index contributed by atoms with van der Waals surface area (Å²) in [5.41, 5.74) is 14.3. The number of esters is 2. The van der Waals surface area contributed by atoms with Gasteiger partial charge in [-0.15, -0.1) is 6.42 Å². The quantitative estimate of drug-likeness (QED) is 0.0217. The van der Waals surface area contributed by atoms with Gasteiger partial charge in [-0.3, -0.25) is 43.2 Å². The van der Waals surface area contributed by atoms with Crippen molar-refractivity contribution in [2.75, 3.05) is 21.7 Å². The van der Waals surface area contributed by atoms with Crippen LogP contribution < -0.4 is 40.3 Å². The number of hydrogen-bond acceptors (Lipinski definition) is 21. The molecule has 0 saturated carbocycles. The van der Waals surface area contributed by atoms with Crippen LogP contribution in [-0.4, -0.2) is 102 Å². The highest BCUT2D eigenvalue weighted by Crippen LogP contribution is 2.41. The molecule has 7 heterocycles. The van der Waals surface area contributed by atoms with Gasteiger partial charge in [0, 0.05) is 91.1 Å². The second-order valence-corrected chi connectivity index (χ2v) is 39.1. The number of cyclic esters (lactones) is 2. The van der Waals surface area contributed by atoms with E-state index in [2.05, 4.69) is 27.9 Å². The number of halogens is 4. The highest BCUT2D eigenvalue weighted by atomic mass is 35.5. The molecule has 746 valence electrons. The number of amides is 5. The molecular formula is C112H87ClF3N9O20S3. The Labute approximate surface area is 852 Å². The van der Waals surface area contributed by atoms with Crippen molar-refractivity contribution in [2.24, 2.45) is 10.3 Å². The maximum atomic E-state index is 12.6. The molecule has 7 aliphatic rings. The lowest BCUT2D eigenvalue weighted by molar-refractivity contribution is -0.137. The number of imide groups is 1. The number of alkyl halides is 3. The fraction of sp³-hybridized carbons (Fsp3) is 0.107. The first-order valence-corrected chi connectivity index (χ1v) is 50.0. The number of nitriles is 1. The lowest BCUT2D eigenvalue weighted by Gasteiger charge is -2.16. The van der Waals surface area contributed by atoms with Gasteiger partial charge in [-0.05, 0) is 187 Å². The third-order valence-electron chi connectivity index (χ3n) is 24.4. The van der Waals surface area contributed by atoms with Crippen LogP contribution in [0, 0.1) is 23.7 Å². The van der Waals surface area contributed by atoms with Gasteiger partial charge in [-0.25, -0.2) is 54.7 Å². The molecule has 21 rings (SSSR count). The standard InChI is InChI=1S/C18H14F3NO.C18H13NO2.C17H11NO3.C16H11ClO3.C15H14N2O3S.C14H10N2O4S.C14H12N2O3S.H2O/c1-11-14-4-2-3-5-15(14)16(22-11)10-17(23)12-6-8-13(9-7-12)18(19,20)21;1-2-12-6-5-7-13(10-12)17(20)11-16-14-8-3-4-9-15(14)18(21)19-16;18-10-11-5-1-2-6-12(11)15(19)9-16-13-7-3-4-8-14(13)17(20)21-16;17-13-8-4-3-7-12(13)14(18)9-15-10-5-1-2-6-11(10)16(19)20-15;1-16-21(19,20)13-8-6-12(7-9-13)17-10-11-4-2-3-5-14(11)15(17)18;15-21(19,20)10-7-5-9(6-8-10)16-13(17)11-3-1-2-4-12(11)14(16)18;15-20(18,19)12-7-5-11(6-8-12)16-9-10-3-1-2-4-13(10)14(16)17;/h2-9,16,22H,1,10H2;1,3-10,16H,11H2,(H,19,21);1-8,16H,9H2;1-8,15H,9H2;2-9,16H,10H2,1H3;1-8H,(H2,15,19,20);1-8H,9H2,(H2,15,18,19);1H2. The smallest absolute Gasteiger partial charge is 0.416 e. The van der Waals surface area contributed by atoms with Crippen molar-refractivity contribution in [1.82, 2.24) is 15.4 Å². The van der Waals surface area contributed by atoms with Crippen LogP contribution in [-0.2, 0) is 58.8 Å². The summed E-state index contributed by atoms with van der Waals surface area (Å²) in [4.78, 5) is 138. The molecule has 5 amide bonds. The predicted molar refractivity (Wildman–Crippen MR) is 545 cm³/mol. The number of benzene rings is 14. The normalized spacial score (nSPS) is 15.4. The number of hydrogen-bond donors (Lipinski definition) is 5. The molecule has 0 aromatic heterocycles. The summed E-state index contributed by atoms with van der Waals surface area (Å²) in [5.74, 6) is 0.0245. The highest BCUT2D eigenvalue weighted by Gasteiger charge is 2.40. The van der Waals surface area contributed by atoms with Gasteiger partial charge >= 0.3 is 18.1 Å². The molecule has 29 nitrogen and oxygen atoms in total. The first-order valence-electron chi connectivity index (χ1n) is 45.0. The number of ether oxygens (including phenoxy) is 2. The molecule has 36 heteroatoms. The van der Waals surface area contributed by atoms with E-state index in [0.29, 0.717) is 102 Å². The Morgan fingerprint density at radius 2 is 0.831 bits per heavy atom. The molecule has 7 aliphatic heterocycles. The Kier molecular flexibility index (Phi) is 32.8. The third-order valence-corrected chi connectivity index (χ3v) is 28.1. The van der Waals surface area contributed by atoms with Crippen LogP contribution in [0.4, 0.5) is 30.2 Å². The van der Waals surface area contributed by atoms with E-state index in [4.69, 9.17) is 43.0 Å². The van der Waals surface area contributed by atoms with Crippen LogP contribution in [0.25, 0.3) is 5.70 Å². The summed E-state index contributed by atoms with van der Waals surface area (Å²) < 4.78 is 119. The van der Waals surface area contributed by atoms with E-state index in [1.165, 1.54) is 67.7 Å². The van der Waals surface area contributed by atoms with E-state index in [1.807, 2.05) is 103 Å². The molecule has 4 atom stereocenters. The number of carbonyl (C=O) groups excluding carboxylic acids is 11. The first-order chi connectivity index (χ1) is 70.3. The maximum absolute atomic E-state index is 12.6. The van der Waals surface area contributed by atoms with Crippen molar-refractivity contribution in [3.8, 4) is 18.4 Å². The summed E-state index contributed by atoms with van der Waals surface area (Å²) in [5, 5.41) is 25.5. The topological polar surface area (TPSA) is 462 Å². The van der Waals surface area contributed by atoms with Crippen LogP contribution in [0.3, 0.4) is 0 Å². The van der Waals surface area contributed by atoms with Crippen molar-refractivity contribution in [1.29, 1.82) is 5.26 Å². The van der Waals surface area contributed by atoms with E-state index in [1.54, 1.807) is 180 Å². The van der Waals surface area contributed by atoms with E-state index >= 15 is 0 Å². The van der Waals surface area contributed by atoms with Crippen molar-refractivity contribution in [2.45, 2.75) is 83.9 Å². The molecule has 9 N–H and O–H groups in total. The van der Waals surface area contributed by atoms with Gasteiger partial charge in [0.05, 0.1) is 103 Å². The molecule has 14 aromatic rings. The monoisotopic (exact) mass is 2070 g/mol. The van der Waals surface area contributed by atoms with E-state index in [-0.39, 0.29) is 110 Å². The number of nitrogens with one attached hydrogen (secondary N) is 3. The second kappa shape index (κ2) is 45.7. The van der Waals surface area contributed by atoms with Crippen molar-refractivity contribution < 1.29 is 106 Å². The Morgan fingerprint density at radius 3 is 1.29 bits per heavy atom. The van der Waals surface area contributed by atoms with Crippen LogP contribution in [0.15, 0.2) is 361 Å². The number of terminal acetylenes is 1. The molecule has 0 saturated heterocycles. The number of Topliss-reactive ketones (excluding diaryl/α,β-unsaturated/α-hetero) is 4. The number of primary sulfonamides is 2. The number of nitrogens with two attached hydrogens (primary N) is 2. The average molecular weight is 2070 g/mol. The Bertz CT molecular complexity index is 8070. The maximum Gasteiger partial charge on any atom is 0.416 e. The molecule has 0 radical (unpaired) electrons. The number of carbonyl (C=O) groups is 11. The number of sulfonamides is 3. The van der Waals surface area contributed by atoms with E-state index in [0.717, 1.165) is 61.7 Å². The summed E-state index contributed by atoms with van der Waals surface area (Å²) in [6, 6.07) is 94.4. The zero-order valence-corrected chi connectivity index (χ0v) is 81.3. The Hall–Kier alpha value is -17.4. The van der Waals surface area contributed by atoms with Gasteiger partial charge < -0.3 is 35.4 Å². The first kappa shape index (κ1) is 106. The fourth-order valence-corrected chi connectivity index (χ4v) is 19.0. The zero-order chi connectivity index (χ0) is 105.